The van der Waals surface area contributed by atoms with E-state index in [1.807, 2.05) is 61.5 Å². The number of nitrogens with zero attached hydrogens (tertiary/aromatic N) is 1. The van der Waals surface area contributed by atoms with Crippen LogP contribution in [0.3, 0.4) is 0 Å². The maximum Gasteiger partial charge on any atom is 0.253 e. The lowest BCUT2D eigenvalue weighted by atomic mass is 10.1. The first kappa shape index (κ1) is 21.3. The van der Waals surface area contributed by atoms with Crippen LogP contribution in [0.15, 0.2) is 78.9 Å². The number of carbonyl (C=O) groups is 3. The molecule has 0 spiro atoms. The summed E-state index contributed by atoms with van der Waals surface area (Å²) < 4.78 is 0. The van der Waals surface area contributed by atoms with Crippen LogP contribution in [0.5, 0.6) is 0 Å². The van der Waals surface area contributed by atoms with Crippen LogP contribution in [0.1, 0.15) is 27.9 Å². The molecule has 3 amide bonds. The summed E-state index contributed by atoms with van der Waals surface area (Å²) in [5, 5.41) is 5.75. The smallest absolute Gasteiger partial charge is 0.253 e. The van der Waals surface area contributed by atoms with Crippen LogP contribution in [0.25, 0.3) is 0 Å². The molecule has 6 nitrogen and oxygen atoms in total. The number of amides is 3. The molecule has 1 fully saturated rings. The van der Waals surface area contributed by atoms with Gasteiger partial charge in [-0.3, -0.25) is 14.4 Å². The minimum Gasteiger partial charge on any atom is -0.348 e. The van der Waals surface area contributed by atoms with E-state index in [1.54, 1.807) is 29.2 Å². The van der Waals surface area contributed by atoms with E-state index >= 15 is 0 Å². The van der Waals surface area contributed by atoms with Crippen LogP contribution in [-0.2, 0) is 16.1 Å². The van der Waals surface area contributed by atoms with Gasteiger partial charge in [0.2, 0.25) is 11.8 Å². The Labute approximate surface area is 187 Å². The Morgan fingerprint density at radius 3 is 2.41 bits per heavy atom. The zero-order valence-corrected chi connectivity index (χ0v) is 17.9. The van der Waals surface area contributed by atoms with E-state index in [1.165, 1.54) is 0 Å². The van der Waals surface area contributed by atoms with E-state index in [4.69, 9.17) is 0 Å². The zero-order valence-electron chi connectivity index (χ0n) is 17.9. The average Bonchev–Trinajstić information content (AvgIpc) is 3.20. The Hall–Kier alpha value is -3.93. The minimum absolute atomic E-state index is 0.0756. The van der Waals surface area contributed by atoms with Gasteiger partial charge in [0.1, 0.15) is 0 Å². The van der Waals surface area contributed by atoms with Crippen molar-refractivity contribution in [3.05, 3.63) is 95.6 Å². The molecule has 0 aromatic heterocycles. The monoisotopic (exact) mass is 427 g/mol. The van der Waals surface area contributed by atoms with Crippen molar-refractivity contribution in [2.24, 2.45) is 5.92 Å². The third-order valence-electron chi connectivity index (χ3n) is 5.63. The van der Waals surface area contributed by atoms with Gasteiger partial charge in [0.15, 0.2) is 0 Å². The number of para-hydroxylation sites is 2. The van der Waals surface area contributed by atoms with Gasteiger partial charge in [-0.25, -0.2) is 0 Å². The number of carbonyl (C=O) groups excluding carboxylic acids is 3. The minimum atomic E-state index is -0.484. The van der Waals surface area contributed by atoms with Gasteiger partial charge in [-0.15, -0.1) is 0 Å². The quantitative estimate of drug-likeness (QED) is 0.626. The lowest BCUT2D eigenvalue weighted by molar-refractivity contribution is -0.122. The van der Waals surface area contributed by atoms with E-state index in [9.17, 15) is 14.4 Å². The first-order chi connectivity index (χ1) is 15.5. The van der Waals surface area contributed by atoms with Crippen LogP contribution >= 0.6 is 0 Å². The van der Waals surface area contributed by atoms with Crippen LogP contribution < -0.4 is 15.5 Å². The van der Waals surface area contributed by atoms with Crippen LogP contribution in [0, 0.1) is 12.8 Å². The molecule has 6 heteroatoms. The molecule has 1 aliphatic rings. The number of aryl methyl sites for hydroxylation is 1. The molecule has 3 aromatic rings. The zero-order chi connectivity index (χ0) is 22.5. The molecule has 1 saturated heterocycles. The highest BCUT2D eigenvalue weighted by atomic mass is 16.2. The van der Waals surface area contributed by atoms with Crippen molar-refractivity contribution < 1.29 is 14.4 Å². The van der Waals surface area contributed by atoms with Crippen molar-refractivity contribution in [2.45, 2.75) is 19.9 Å². The molecule has 1 aliphatic heterocycles. The molecule has 0 radical (unpaired) electrons. The Bertz CT molecular complexity index is 1140. The fraction of sp³-hybridized carbons (Fsp3) is 0.192. The van der Waals surface area contributed by atoms with E-state index in [0.717, 1.165) is 16.8 Å². The van der Waals surface area contributed by atoms with Gasteiger partial charge in [-0.05, 0) is 36.2 Å². The summed E-state index contributed by atoms with van der Waals surface area (Å²) in [7, 11) is 0. The van der Waals surface area contributed by atoms with Gasteiger partial charge in [0.05, 0.1) is 17.2 Å². The van der Waals surface area contributed by atoms with Crippen LogP contribution in [-0.4, -0.2) is 24.3 Å². The molecule has 3 aromatic carbocycles. The van der Waals surface area contributed by atoms with Gasteiger partial charge < -0.3 is 15.5 Å². The van der Waals surface area contributed by atoms with Crippen molar-refractivity contribution in [1.29, 1.82) is 0 Å². The molecule has 1 heterocycles. The van der Waals surface area contributed by atoms with Gasteiger partial charge in [-0.2, -0.15) is 0 Å². The number of rotatable bonds is 6. The number of hydrogen-bond acceptors (Lipinski definition) is 3. The molecule has 0 aliphatic carbocycles. The van der Waals surface area contributed by atoms with Crippen molar-refractivity contribution in [2.75, 3.05) is 16.8 Å². The highest BCUT2D eigenvalue weighted by Crippen LogP contribution is 2.28. The van der Waals surface area contributed by atoms with Gasteiger partial charge in [0, 0.05) is 25.2 Å². The molecule has 1 atom stereocenters. The van der Waals surface area contributed by atoms with Gasteiger partial charge in [0.25, 0.3) is 5.91 Å². The van der Waals surface area contributed by atoms with Crippen molar-refractivity contribution >= 4 is 29.1 Å². The summed E-state index contributed by atoms with van der Waals surface area (Å²) >= 11 is 0. The third-order valence-corrected chi connectivity index (χ3v) is 5.63. The highest BCUT2D eigenvalue weighted by molar-refractivity contribution is 6.07. The Kier molecular flexibility index (Phi) is 6.31. The molecule has 4 rings (SSSR count). The maximum absolute atomic E-state index is 13.0. The van der Waals surface area contributed by atoms with Gasteiger partial charge >= 0.3 is 0 Å². The third kappa shape index (κ3) is 4.70. The molecule has 162 valence electrons. The molecule has 0 bridgehead atoms. The topological polar surface area (TPSA) is 78.5 Å². The molecular weight excluding hydrogens is 402 g/mol. The SMILES string of the molecule is Cc1ccccc1N1CC(C(=O)Nc2ccccc2C(=O)NCc2ccccc2)CC1=O. The molecular formula is C26H25N3O3. The standard InChI is InChI=1S/C26H25N3O3/c1-18-9-5-8-14-23(18)29-17-20(15-24(29)30)25(31)28-22-13-7-6-12-21(22)26(32)27-16-19-10-3-2-4-11-19/h2-14,20H,15-17H2,1H3,(H,27,32)(H,28,31). The average molecular weight is 428 g/mol. The summed E-state index contributed by atoms with van der Waals surface area (Å²) in [4.78, 5) is 39.9. The van der Waals surface area contributed by atoms with E-state index in [2.05, 4.69) is 10.6 Å². The lowest BCUT2D eigenvalue weighted by Crippen LogP contribution is -2.29. The van der Waals surface area contributed by atoms with Crippen molar-refractivity contribution in [1.82, 2.24) is 5.32 Å². The highest BCUT2D eigenvalue weighted by Gasteiger charge is 2.35. The lowest BCUT2D eigenvalue weighted by Gasteiger charge is -2.19. The van der Waals surface area contributed by atoms with Gasteiger partial charge in [-0.1, -0.05) is 60.7 Å². The molecule has 2 N–H and O–H groups in total. The fourth-order valence-electron chi connectivity index (χ4n) is 3.88. The Morgan fingerprint density at radius 1 is 0.938 bits per heavy atom. The molecule has 32 heavy (non-hydrogen) atoms. The number of nitrogens with one attached hydrogen (secondary N) is 2. The second-order valence-corrected chi connectivity index (χ2v) is 7.89. The summed E-state index contributed by atoms with van der Waals surface area (Å²) in [6, 6.07) is 24.2. The predicted octanol–water partition coefficient (Wildman–Crippen LogP) is 3.92. The summed E-state index contributed by atoms with van der Waals surface area (Å²) in [6.45, 7) is 2.66. The number of anilines is 2. The normalized spacial score (nSPS) is 15.5. The van der Waals surface area contributed by atoms with Crippen molar-refractivity contribution in [3.63, 3.8) is 0 Å². The van der Waals surface area contributed by atoms with Crippen LogP contribution in [0.2, 0.25) is 0 Å². The van der Waals surface area contributed by atoms with E-state index < -0.39 is 5.92 Å². The van der Waals surface area contributed by atoms with E-state index in [-0.39, 0.29) is 24.1 Å². The van der Waals surface area contributed by atoms with Crippen molar-refractivity contribution in [3.8, 4) is 0 Å². The van der Waals surface area contributed by atoms with Crippen LogP contribution in [0.4, 0.5) is 11.4 Å². The number of hydrogen-bond donors (Lipinski definition) is 2. The summed E-state index contributed by atoms with van der Waals surface area (Å²) in [5.74, 6) is -1.09. The first-order valence-electron chi connectivity index (χ1n) is 10.6. The first-order valence-corrected chi connectivity index (χ1v) is 10.6. The Balaban J connectivity index is 1.43. The second kappa shape index (κ2) is 9.47. The van der Waals surface area contributed by atoms with E-state index in [0.29, 0.717) is 24.3 Å². The maximum atomic E-state index is 13.0. The largest absolute Gasteiger partial charge is 0.348 e. The fourth-order valence-corrected chi connectivity index (χ4v) is 3.88. The molecule has 1 unspecified atom stereocenters. The molecule has 0 saturated carbocycles. The second-order valence-electron chi connectivity index (χ2n) is 7.89. The summed E-state index contributed by atoms with van der Waals surface area (Å²) in [5.41, 5.74) is 3.63. The summed E-state index contributed by atoms with van der Waals surface area (Å²) in [6.07, 6.45) is 0.141. The number of benzene rings is 3. The predicted molar refractivity (Wildman–Crippen MR) is 124 cm³/mol. The Morgan fingerprint density at radius 2 is 1.62 bits per heavy atom.